The van der Waals surface area contributed by atoms with E-state index in [-0.39, 0.29) is 23.7 Å². The van der Waals surface area contributed by atoms with Crippen LogP contribution in [-0.4, -0.2) is 30.4 Å². The second-order valence-electron chi connectivity index (χ2n) is 5.76. The number of carbonyl (C=O) groups is 1. The Morgan fingerprint density at radius 3 is 2.44 bits per heavy atom. The lowest BCUT2D eigenvalue weighted by Gasteiger charge is -2.30. The number of rotatable bonds is 2. The van der Waals surface area contributed by atoms with E-state index in [1.807, 2.05) is 11.8 Å². The molecule has 0 bridgehead atoms. The molecule has 16 heavy (non-hydrogen) atoms. The molecular formula is C12H25ClN2O. The Morgan fingerprint density at radius 1 is 1.50 bits per heavy atom. The summed E-state index contributed by atoms with van der Waals surface area (Å²) in [6, 6.07) is 0. The quantitative estimate of drug-likeness (QED) is 0.811. The van der Waals surface area contributed by atoms with Crippen LogP contribution in [0.5, 0.6) is 0 Å². The van der Waals surface area contributed by atoms with Gasteiger partial charge in [0.2, 0.25) is 5.91 Å². The Kier molecular flexibility index (Phi) is 5.77. The smallest absolute Gasteiger partial charge is 0.225 e. The Morgan fingerprint density at radius 2 is 2.06 bits per heavy atom. The summed E-state index contributed by atoms with van der Waals surface area (Å²) in [5.74, 6) is 0.897. The van der Waals surface area contributed by atoms with Gasteiger partial charge in [-0.1, -0.05) is 27.7 Å². The van der Waals surface area contributed by atoms with Crippen LogP contribution in [0.4, 0.5) is 0 Å². The van der Waals surface area contributed by atoms with Gasteiger partial charge in [-0.15, -0.1) is 12.4 Å². The molecule has 0 radical (unpaired) electrons. The largest absolute Gasteiger partial charge is 0.342 e. The molecule has 2 atom stereocenters. The van der Waals surface area contributed by atoms with E-state index in [0.717, 1.165) is 19.5 Å². The van der Waals surface area contributed by atoms with Crippen LogP contribution in [0.2, 0.25) is 0 Å². The molecule has 4 heteroatoms. The number of amides is 1. The monoisotopic (exact) mass is 248 g/mol. The zero-order valence-corrected chi connectivity index (χ0v) is 11.6. The van der Waals surface area contributed by atoms with Crippen molar-refractivity contribution in [2.45, 2.75) is 34.1 Å². The molecule has 1 aliphatic heterocycles. The number of hydrogen-bond donors (Lipinski definition) is 1. The fourth-order valence-corrected chi connectivity index (χ4v) is 1.87. The van der Waals surface area contributed by atoms with Crippen LogP contribution in [0.1, 0.15) is 34.1 Å². The van der Waals surface area contributed by atoms with Crippen LogP contribution in [0.25, 0.3) is 0 Å². The molecule has 2 N–H and O–H groups in total. The van der Waals surface area contributed by atoms with Crippen LogP contribution >= 0.6 is 12.4 Å². The molecule has 1 fully saturated rings. The number of hydrogen-bond acceptors (Lipinski definition) is 2. The average molecular weight is 249 g/mol. The molecule has 0 aromatic rings. The van der Waals surface area contributed by atoms with Gasteiger partial charge in [0.1, 0.15) is 0 Å². The number of likely N-dealkylation sites (tertiary alicyclic amines) is 1. The summed E-state index contributed by atoms with van der Waals surface area (Å²) in [5, 5.41) is 0. The molecule has 96 valence electrons. The van der Waals surface area contributed by atoms with E-state index in [1.165, 1.54) is 0 Å². The highest BCUT2D eigenvalue weighted by atomic mass is 35.5. The molecule has 1 amide bonds. The molecule has 1 heterocycles. The highest BCUT2D eigenvalue weighted by Crippen LogP contribution is 2.28. The number of nitrogens with zero attached hydrogens (tertiary/aromatic N) is 1. The Hall–Kier alpha value is -0.280. The summed E-state index contributed by atoms with van der Waals surface area (Å²) < 4.78 is 0. The van der Waals surface area contributed by atoms with Crippen molar-refractivity contribution in [3.63, 3.8) is 0 Å². The van der Waals surface area contributed by atoms with E-state index in [0.29, 0.717) is 18.4 Å². The van der Waals surface area contributed by atoms with Crippen LogP contribution in [0.3, 0.4) is 0 Å². The second kappa shape index (κ2) is 5.87. The first-order valence-electron chi connectivity index (χ1n) is 5.85. The fourth-order valence-electron chi connectivity index (χ4n) is 1.87. The maximum absolute atomic E-state index is 12.1. The first-order valence-corrected chi connectivity index (χ1v) is 5.85. The molecule has 1 rings (SSSR count). The Balaban J connectivity index is 0.00000225. The van der Waals surface area contributed by atoms with Crippen molar-refractivity contribution in [1.82, 2.24) is 4.90 Å². The van der Waals surface area contributed by atoms with Crippen molar-refractivity contribution in [3.8, 4) is 0 Å². The standard InChI is InChI=1S/C12H24N2O.ClH/c1-9(12(2,3)4)11(15)14-6-5-10(7-13)8-14;/h9-10H,5-8,13H2,1-4H3;1H. The Labute approximate surface area is 105 Å². The third-order valence-electron chi connectivity index (χ3n) is 3.60. The number of nitrogens with two attached hydrogens (primary N) is 1. The molecule has 0 spiro atoms. The Bertz CT molecular complexity index is 238. The van der Waals surface area contributed by atoms with E-state index in [1.54, 1.807) is 0 Å². The van der Waals surface area contributed by atoms with Gasteiger partial charge in [0.15, 0.2) is 0 Å². The van der Waals surface area contributed by atoms with Gasteiger partial charge in [0.25, 0.3) is 0 Å². The zero-order valence-electron chi connectivity index (χ0n) is 10.8. The van der Waals surface area contributed by atoms with Gasteiger partial charge in [-0.2, -0.15) is 0 Å². The maximum atomic E-state index is 12.1. The fraction of sp³-hybridized carbons (Fsp3) is 0.917. The minimum Gasteiger partial charge on any atom is -0.342 e. The summed E-state index contributed by atoms with van der Waals surface area (Å²) in [6.45, 7) is 10.8. The lowest BCUT2D eigenvalue weighted by molar-refractivity contribution is -0.137. The number of halogens is 1. The molecule has 0 aromatic carbocycles. The van der Waals surface area contributed by atoms with Crippen molar-refractivity contribution in [1.29, 1.82) is 0 Å². The number of carbonyl (C=O) groups excluding carboxylic acids is 1. The van der Waals surface area contributed by atoms with Crippen LogP contribution in [0, 0.1) is 17.3 Å². The van der Waals surface area contributed by atoms with Crippen molar-refractivity contribution >= 4 is 18.3 Å². The predicted octanol–water partition coefficient (Wildman–Crippen LogP) is 1.90. The lowest BCUT2D eigenvalue weighted by atomic mass is 9.81. The summed E-state index contributed by atoms with van der Waals surface area (Å²) >= 11 is 0. The van der Waals surface area contributed by atoms with Crippen molar-refractivity contribution < 1.29 is 4.79 Å². The molecule has 2 unspecified atom stereocenters. The molecule has 3 nitrogen and oxygen atoms in total. The summed E-state index contributed by atoms with van der Waals surface area (Å²) in [4.78, 5) is 14.1. The van der Waals surface area contributed by atoms with Gasteiger partial charge < -0.3 is 10.6 Å². The zero-order chi connectivity index (χ0) is 11.6. The molecule has 1 aliphatic rings. The molecule has 0 aromatic heterocycles. The third kappa shape index (κ3) is 3.63. The lowest BCUT2D eigenvalue weighted by Crippen LogP contribution is -2.39. The summed E-state index contributed by atoms with van der Waals surface area (Å²) in [5.41, 5.74) is 5.67. The van der Waals surface area contributed by atoms with Gasteiger partial charge in [-0.05, 0) is 24.3 Å². The van der Waals surface area contributed by atoms with E-state index >= 15 is 0 Å². The van der Waals surface area contributed by atoms with E-state index in [9.17, 15) is 4.79 Å². The van der Waals surface area contributed by atoms with E-state index in [2.05, 4.69) is 20.8 Å². The van der Waals surface area contributed by atoms with Gasteiger partial charge >= 0.3 is 0 Å². The SMILES string of the molecule is CC(C(=O)N1CCC(CN)C1)C(C)(C)C.Cl. The minimum atomic E-state index is 0. The minimum absolute atomic E-state index is 0. The van der Waals surface area contributed by atoms with E-state index < -0.39 is 0 Å². The first kappa shape index (κ1) is 15.7. The van der Waals surface area contributed by atoms with Gasteiger partial charge in [0, 0.05) is 19.0 Å². The molecule has 0 aliphatic carbocycles. The summed E-state index contributed by atoms with van der Waals surface area (Å²) in [7, 11) is 0. The predicted molar refractivity (Wildman–Crippen MR) is 69.6 cm³/mol. The molecular weight excluding hydrogens is 224 g/mol. The highest BCUT2D eigenvalue weighted by molar-refractivity contribution is 5.85. The van der Waals surface area contributed by atoms with Gasteiger partial charge in [-0.3, -0.25) is 4.79 Å². The normalized spacial score (nSPS) is 22.8. The molecule has 0 saturated carbocycles. The van der Waals surface area contributed by atoms with Crippen molar-refractivity contribution in [2.24, 2.45) is 23.0 Å². The maximum Gasteiger partial charge on any atom is 0.225 e. The molecule has 1 saturated heterocycles. The highest BCUT2D eigenvalue weighted by Gasteiger charge is 2.33. The van der Waals surface area contributed by atoms with Gasteiger partial charge in [-0.25, -0.2) is 0 Å². The van der Waals surface area contributed by atoms with Crippen LogP contribution < -0.4 is 5.73 Å². The average Bonchev–Trinajstić information content (AvgIpc) is 2.62. The van der Waals surface area contributed by atoms with Crippen LogP contribution in [-0.2, 0) is 4.79 Å². The van der Waals surface area contributed by atoms with Crippen LogP contribution in [0.15, 0.2) is 0 Å². The van der Waals surface area contributed by atoms with Crippen molar-refractivity contribution in [2.75, 3.05) is 19.6 Å². The van der Waals surface area contributed by atoms with E-state index in [4.69, 9.17) is 5.73 Å². The van der Waals surface area contributed by atoms with Gasteiger partial charge in [0.05, 0.1) is 0 Å². The second-order valence-corrected chi connectivity index (χ2v) is 5.76. The first-order chi connectivity index (χ1) is 6.86. The third-order valence-corrected chi connectivity index (χ3v) is 3.60. The van der Waals surface area contributed by atoms with Crippen molar-refractivity contribution in [3.05, 3.63) is 0 Å². The summed E-state index contributed by atoms with van der Waals surface area (Å²) in [6.07, 6.45) is 1.07. The topological polar surface area (TPSA) is 46.3 Å².